The number of hydrogen-bond acceptors (Lipinski definition) is 5. The number of sulfonamides is 1. The van der Waals surface area contributed by atoms with E-state index in [1.165, 1.54) is 36.5 Å². The number of benzene rings is 1. The van der Waals surface area contributed by atoms with E-state index in [-0.39, 0.29) is 29.1 Å². The van der Waals surface area contributed by atoms with Crippen molar-refractivity contribution in [1.29, 1.82) is 0 Å². The van der Waals surface area contributed by atoms with Gasteiger partial charge in [0.1, 0.15) is 11.8 Å². The second kappa shape index (κ2) is 9.53. The molecule has 0 saturated heterocycles. The first-order chi connectivity index (χ1) is 16.5. The van der Waals surface area contributed by atoms with Gasteiger partial charge in [0, 0.05) is 11.6 Å². The van der Waals surface area contributed by atoms with Crippen LogP contribution in [0.15, 0.2) is 47.5 Å². The number of alkyl halides is 5. The minimum Gasteiger partial charge on any atom is -0.454 e. The summed E-state index contributed by atoms with van der Waals surface area (Å²) in [5.41, 5.74) is 1.07. The quantitative estimate of drug-likeness (QED) is 0.359. The zero-order chi connectivity index (χ0) is 25.4. The summed E-state index contributed by atoms with van der Waals surface area (Å²) in [5.74, 6) is -2.36. The smallest absolute Gasteiger partial charge is 0.454 e. The van der Waals surface area contributed by atoms with Gasteiger partial charge in [-0.15, -0.1) is 0 Å². The molecule has 2 atom stereocenters. The summed E-state index contributed by atoms with van der Waals surface area (Å²) >= 11 is 0. The van der Waals surface area contributed by atoms with Gasteiger partial charge >= 0.3 is 12.1 Å². The van der Waals surface area contributed by atoms with Crippen molar-refractivity contribution in [2.45, 2.75) is 55.3 Å². The second-order valence-corrected chi connectivity index (χ2v) is 9.84. The van der Waals surface area contributed by atoms with Crippen LogP contribution in [0, 0.1) is 0 Å². The Bertz CT molecular complexity index is 1320. The molecule has 0 spiro atoms. The van der Waals surface area contributed by atoms with Crippen LogP contribution in [-0.2, 0) is 19.6 Å². The lowest BCUT2D eigenvalue weighted by Gasteiger charge is -2.31. The summed E-state index contributed by atoms with van der Waals surface area (Å²) in [4.78, 5) is 17.7. The monoisotopic (exact) mass is 517 g/mol. The number of aromatic amines is 1. The van der Waals surface area contributed by atoms with Gasteiger partial charge in [-0.3, -0.25) is 0 Å². The SMILES string of the molecule is O=C(OC1CCCCC1NS(=O)(=O)c1ccc(-c2ccnc3[nH]c(C(F)F)cc23)cc1)C(F)(F)F. The largest absolute Gasteiger partial charge is 0.490 e. The number of nitrogens with zero attached hydrogens (tertiary/aromatic N) is 1. The number of esters is 1. The Balaban J connectivity index is 1.55. The maximum Gasteiger partial charge on any atom is 0.490 e. The molecule has 1 aliphatic rings. The van der Waals surface area contributed by atoms with Crippen LogP contribution in [0.3, 0.4) is 0 Å². The summed E-state index contributed by atoms with van der Waals surface area (Å²) in [6.45, 7) is 0. The van der Waals surface area contributed by atoms with Gasteiger partial charge in [-0.1, -0.05) is 18.6 Å². The second-order valence-electron chi connectivity index (χ2n) is 8.12. The number of carbonyl (C=O) groups excluding carboxylic acids is 1. The molecule has 1 saturated carbocycles. The van der Waals surface area contributed by atoms with E-state index >= 15 is 0 Å². The number of fused-ring (bicyclic) bond motifs is 1. The fourth-order valence-electron chi connectivity index (χ4n) is 4.07. The molecule has 0 bridgehead atoms. The van der Waals surface area contributed by atoms with Crippen LogP contribution in [0.25, 0.3) is 22.2 Å². The maximum absolute atomic E-state index is 13.1. The number of hydrogen-bond donors (Lipinski definition) is 2. The Labute approximate surface area is 196 Å². The van der Waals surface area contributed by atoms with Gasteiger partial charge in [-0.05, 0) is 54.7 Å². The Morgan fingerprint density at radius 2 is 1.80 bits per heavy atom. The van der Waals surface area contributed by atoms with Gasteiger partial charge in [-0.25, -0.2) is 31.7 Å². The number of nitrogens with one attached hydrogen (secondary N) is 2. The van der Waals surface area contributed by atoms with Crippen molar-refractivity contribution in [2.75, 3.05) is 0 Å². The molecule has 1 fully saturated rings. The predicted octanol–water partition coefficient (Wildman–Crippen LogP) is 4.86. The van der Waals surface area contributed by atoms with Gasteiger partial charge in [0.2, 0.25) is 10.0 Å². The van der Waals surface area contributed by atoms with E-state index in [1.807, 2.05) is 0 Å². The molecule has 3 aromatic rings. The Morgan fingerprint density at radius 1 is 1.11 bits per heavy atom. The van der Waals surface area contributed by atoms with Crippen molar-refractivity contribution >= 4 is 27.0 Å². The zero-order valence-electron chi connectivity index (χ0n) is 18.0. The number of carbonyl (C=O) groups is 1. The molecule has 4 rings (SSSR count). The molecule has 188 valence electrons. The number of ether oxygens (including phenoxy) is 1. The molecule has 0 radical (unpaired) electrons. The zero-order valence-corrected chi connectivity index (χ0v) is 18.8. The lowest BCUT2D eigenvalue weighted by Crippen LogP contribution is -2.48. The van der Waals surface area contributed by atoms with Crippen LogP contribution in [-0.4, -0.2) is 42.7 Å². The third-order valence-electron chi connectivity index (χ3n) is 5.76. The molecule has 35 heavy (non-hydrogen) atoms. The Hall–Kier alpha value is -3.06. The molecule has 13 heteroatoms. The van der Waals surface area contributed by atoms with Crippen LogP contribution >= 0.6 is 0 Å². The van der Waals surface area contributed by atoms with Crippen molar-refractivity contribution in [2.24, 2.45) is 0 Å². The third-order valence-corrected chi connectivity index (χ3v) is 7.27. The first-order valence-electron chi connectivity index (χ1n) is 10.6. The van der Waals surface area contributed by atoms with Crippen molar-refractivity contribution in [3.05, 3.63) is 48.3 Å². The van der Waals surface area contributed by atoms with Crippen molar-refractivity contribution in [1.82, 2.24) is 14.7 Å². The minimum absolute atomic E-state index is 0.100. The van der Waals surface area contributed by atoms with Gasteiger partial charge in [0.25, 0.3) is 6.43 Å². The standard InChI is InChI=1S/C22H20F5N3O4S/c23-19(24)17-11-15-14(9-10-28-20(15)29-17)12-5-7-13(8-6-12)35(32,33)30-16-3-1-2-4-18(16)34-21(31)22(25,26)27/h5-11,16,18-19,30H,1-4H2,(H,28,29). The molecule has 0 aliphatic heterocycles. The number of H-pyrrole nitrogens is 1. The summed E-state index contributed by atoms with van der Waals surface area (Å²) in [5, 5.41) is 0.438. The lowest BCUT2D eigenvalue weighted by atomic mass is 9.93. The average Bonchev–Trinajstić information content (AvgIpc) is 3.25. The molecule has 2 heterocycles. The summed E-state index contributed by atoms with van der Waals surface area (Å²) in [7, 11) is -4.15. The number of aromatic nitrogens is 2. The topological polar surface area (TPSA) is 101 Å². The van der Waals surface area contributed by atoms with Crippen LogP contribution in [0.5, 0.6) is 0 Å². The van der Waals surface area contributed by atoms with E-state index in [4.69, 9.17) is 0 Å². The number of rotatable bonds is 6. The molecular weight excluding hydrogens is 497 g/mol. The molecule has 7 nitrogen and oxygen atoms in total. The predicted molar refractivity (Wildman–Crippen MR) is 115 cm³/mol. The van der Waals surface area contributed by atoms with Crippen molar-refractivity contribution in [3.63, 3.8) is 0 Å². The van der Waals surface area contributed by atoms with Gasteiger partial charge in [-0.2, -0.15) is 13.2 Å². The summed E-state index contributed by atoms with van der Waals surface area (Å²) in [6.07, 6.45) is -6.34. The van der Waals surface area contributed by atoms with Gasteiger partial charge < -0.3 is 9.72 Å². The Morgan fingerprint density at radius 3 is 2.46 bits per heavy atom. The van der Waals surface area contributed by atoms with E-state index in [9.17, 15) is 35.2 Å². The maximum atomic E-state index is 13.1. The fourth-order valence-corrected chi connectivity index (χ4v) is 5.37. The van der Waals surface area contributed by atoms with Crippen LogP contribution in [0.4, 0.5) is 22.0 Å². The molecule has 2 N–H and O–H groups in total. The highest BCUT2D eigenvalue weighted by Gasteiger charge is 2.44. The molecule has 1 aromatic carbocycles. The number of halogens is 5. The highest BCUT2D eigenvalue weighted by Crippen LogP contribution is 2.32. The van der Waals surface area contributed by atoms with Gasteiger partial charge in [0.15, 0.2) is 0 Å². The lowest BCUT2D eigenvalue weighted by molar-refractivity contribution is -0.206. The Kier molecular flexibility index (Phi) is 6.82. The van der Waals surface area contributed by atoms with E-state index < -0.39 is 40.7 Å². The summed E-state index contributed by atoms with van der Waals surface area (Å²) in [6, 6.07) is 7.44. The highest BCUT2D eigenvalue weighted by atomic mass is 32.2. The van der Waals surface area contributed by atoms with E-state index in [0.717, 1.165) is 0 Å². The van der Waals surface area contributed by atoms with Crippen LogP contribution < -0.4 is 4.72 Å². The van der Waals surface area contributed by atoms with Crippen molar-refractivity contribution < 1.29 is 39.9 Å². The van der Waals surface area contributed by atoms with E-state index in [1.54, 1.807) is 6.07 Å². The third kappa shape index (κ3) is 5.45. The normalized spacial score (nSPS) is 19.3. The van der Waals surface area contributed by atoms with Crippen LogP contribution in [0.2, 0.25) is 0 Å². The molecular formula is C22H20F5N3O4S. The molecule has 2 unspecified atom stereocenters. The summed E-state index contributed by atoms with van der Waals surface area (Å²) < 4.78 is 96.6. The fraction of sp³-hybridized carbons (Fsp3) is 0.364. The molecule has 1 aliphatic carbocycles. The van der Waals surface area contributed by atoms with Gasteiger partial charge in [0.05, 0.1) is 16.6 Å². The van der Waals surface area contributed by atoms with Crippen LogP contribution in [0.1, 0.15) is 37.8 Å². The first-order valence-corrected chi connectivity index (χ1v) is 12.1. The minimum atomic E-state index is -5.18. The van der Waals surface area contributed by atoms with E-state index in [0.29, 0.717) is 29.4 Å². The first kappa shape index (κ1) is 25.0. The van der Waals surface area contributed by atoms with E-state index in [2.05, 4.69) is 19.4 Å². The average molecular weight is 517 g/mol. The number of pyridine rings is 1. The highest BCUT2D eigenvalue weighted by molar-refractivity contribution is 7.89. The molecule has 2 aromatic heterocycles. The molecule has 0 amide bonds. The van der Waals surface area contributed by atoms with Crippen molar-refractivity contribution in [3.8, 4) is 11.1 Å².